The van der Waals surface area contributed by atoms with Crippen LogP contribution in [0.4, 0.5) is 4.39 Å². The summed E-state index contributed by atoms with van der Waals surface area (Å²) in [4.78, 5) is 0. The molecule has 0 bridgehead atoms. The van der Waals surface area contributed by atoms with Crippen LogP contribution >= 0.6 is 0 Å². The van der Waals surface area contributed by atoms with Crippen LogP contribution in [-0.4, -0.2) is 0 Å². The topological polar surface area (TPSA) is 0 Å². The first-order chi connectivity index (χ1) is 8.97. The van der Waals surface area contributed by atoms with Gasteiger partial charge < -0.3 is 0 Å². The van der Waals surface area contributed by atoms with E-state index >= 15 is 0 Å². The second-order valence-corrected chi connectivity index (χ2v) is 6.16. The highest BCUT2D eigenvalue weighted by molar-refractivity contribution is 5.26. The fourth-order valence-electron chi connectivity index (χ4n) is 2.47. The summed E-state index contributed by atoms with van der Waals surface area (Å²) in [5.74, 6) is 0.214. The van der Waals surface area contributed by atoms with E-state index in [1.807, 2.05) is 18.2 Å². The Kier molecular flexibility index (Phi) is 4.04. The van der Waals surface area contributed by atoms with Gasteiger partial charge in [-0.25, -0.2) is 4.39 Å². The zero-order chi connectivity index (χ0) is 13.9. The average Bonchev–Trinajstić information content (AvgIpc) is 2.37. The van der Waals surface area contributed by atoms with Gasteiger partial charge in [-0.15, -0.1) is 0 Å². The molecule has 2 aromatic carbocycles. The van der Waals surface area contributed by atoms with Gasteiger partial charge in [-0.1, -0.05) is 63.2 Å². The van der Waals surface area contributed by atoms with Crippen molar-refractivity contribution < 1.29 is 4.39 Å². The summed E-state index contributed by atoms with van der Waals surface area (Å²) in [6, 6.07) is 17.4. The van der Waals surface area contributed by atoms with Gasteiger partial charge in [0.15, 0.2) is 0 Å². The summed E-state index contributed by atoms with van der Waals surface area (Å²) in [6.45, 7) is 6.72. The van der Waals surface area contributed by atoms with Crippen molar-refractivity contribution in [1.82, 2.24) is 0 Å². The number of benzene rings is 2. The van der Waals surface area contributed by atoms with Gasteiger partial charge in [0.2, 0.25) is 0 Å². The molecule has 0 nitrogen and oxygen atoms in total. The lowest BCUT2D eigenvalue weighted by molar-refractivity contribution is 0.317. The maximum Gasteiger partial charge on any atom is 0.123 e. The zero-order valence-electron chi connectivity index (χ0n) is 11.9. The van der Waals surface area contributed by atoms with Crippen LogP contribution in [0.15, 0.2) is 54.6 Å². The van der Waals surface area contributed by atoms with Crippen molar-refractivity contribution in [3.63, 3.8) is 0 Å². The molecule has 0 spiro atoms. The molecule has 0 saturated heterocycles. The van der Waals surface area contributed by atoms with Crippen LogP contribution in [-0.2, 0) is 6.42 Å². The lowest BCUT2D eigenvalue weighted by Gasteiger charge is -2.31. The van der Waals surface area contributed by atoms with Crippen LogP contribution in [0.1, 0.15) is 37.8 Å². The van der Waals surface area contributed by atoms with Crippen molar-refractivity contribution in [2.24, 2.45) is 5.41 Å². The second kappa shape index (κ2) is 5.56. The van der Waals surface area contributed by atoms with Gasteiger partial charge >= 0.3 is 0 Å². The van der Waals surface area contributed by atoms with E-state index in [2.05, 4.69) is 45.0 Å². The van der Waals surface area contributed by atoms with Crippen LogP contribution in [0.2, 0.25) is 0 Å². The zero-order valence-corrected chi connectivity index (χ0v) is 11.9. The highest BCUT2D eigenvalue weighted by Crippen LogP contribution is 2.37. The molecule has 2 rings (SSSR count). The molecule has 0 fully saturated rings. The Morgan fingerprint density at radius 2 is 1.47 bits per heavy atom. The SMILES string of the molecule is CC(C)(C)C(Cc1ccccc1)c1ccc(F)cc1. The largest absolute Gasteiger partial charge is 0.207 e. The van der Waals surface area contributed by atoms with Crippen molar-refractivity contribution in [2.75, 3.05) is 0 Å². The molecule has 0 aliphatic carbocycles. The third kappa shape index (κ3) is 3.66. The van der Waals surface area contributed by atoms with Gasteiger partial charge in [-0.3, -0.25) is 0 Å². The molecule has 100 valence electrons. The molecular formula is C18H21F. The highest BCUT2D eigenvalue weighted by atomic mass is 19.1. The lowest BCUT2D eigenvalue weighted by atomic mass is 9.73. The van der Waals surface area contributed by atoms with Crippen LogP contribution < -0.4 is 0 Å². The number of hydrogen-bond acceptors (Lipinski definition) is 0. The lowest BCUT2D eigenvalue weighted by Crippen LogP contribution is -2.20. The van der Waals surface area contributed by atoms with Crippen molar-refractivity contribution in [2.45, 2.75) is 33.1 Å². The quantitative estimate of drug-likeness (QED) is 0.708. The minimum absolute atomic E-state index is 0.146. The first kappa shape index (κ1) is 13.8. The molecule has 0 aromatic heterocycles. The smallest absolute Gasteiger partial charge is 0.123 e. The minimum Gasteiger partial charge on any atom is -0.207 e. The van der Waals surface area contributed by atoms with E-state index in [9.17, 15) is 4.39 Å². The van der Waals surface area contributed by atoms with E-state index < -0.39 is 0 Å². The molecular weight excluding hydrogens is 235 g/mol. The molecule has 19 heavy (non-hydrogen) atoms. The standard InChI is InChI=1S/C18H21F/c1-18(2,3)17(13-14-7-5-4-6-8-14)15-9-11-16(19)12-10-15/h4-12,17H,13H2,1-3H3. The molecule has 2 aromatic rings. The number of halogens is 1. The minimum atomic E-state index is -0.170. The Labute approximate surface area is 115 Å². The van der Waals surface area contributed by atoms with E-state index in [-0.39, 0.29) is 11.2 Å². The second-order valence-electron chi connectivity index (χ2n) is 6.16. The maximum atomic E-state index is 13.1. The van der Waals surface area contributed by atoms with Crippen LogP contribution in [0, 0.1) is 11.2 Å². The molecule has 0 radical (unpaired) electrons. The Balaban J connectivity index is 2.29. The predicted octanol–water partition coefficient (Wildman–Crippen LogP) is 5.20. The molecule has 1 atom stereocenters. The van der Waals surface area contributed by atoms with Crippen LogP contribution in [0.3, 0.4) is 0 Å². The molecule has 0 aliphatic rings. The van der Waals surface area contributed by atoms with Crippen LogP contribution in [0.5, 0.6) is 0 Å². The van der Waals surface area contributed by atoms with Gasteiger partial charge in [0.05, 0.1) is 0 Å². The molecule has 1 unspecified atom stereocenters. The molecule has 0 N–H and O–H groups in total. The summed E-state index contributed by atoms with van der Waals surface area (Å²) in [7, 11) is 0. The van der Waals surface area contributed by atoms with Crippen molar-refractivity contribution in [3.8, 4) is 0 Å². The first-order valence-electron chi connectivity index (χ1n) is 6.76. The fourth-order valence-corrected chi connectivity index (χ4v) is 2.47. The maximum absolute atomic E-state index is 13.1. The van der Waals surface area contributed by atoms with Gasteiger partial charge in [0.1, 0.15) is 5.82 Å². The first-order valence-corrected chi connectivity index (χ1v) is 6.76. The molecule has 1 heteroatoms. The fraction of sp³-hybridized carbons (Fsp3) is 0.333. The molecule has 0 saturated carbocycles. The summed E-state index contributed by atoms with van der Waals surface area (Å²) in [5, 5.41) is 0. The van der Waals surface area contributed by atoms with Gasteiger partial charge in [0.25, 0.3) is 0 Å². The Morgan fingerprint density at radius 3 is 2.00 bits per heavy atom. The van der Waals surface area contributed by atoms with Crippen LogP contribution in [0.25, 0.3) is 0 Å². The monoisotopic (exact) mass is 256 g/mol. The van der Waals surface area contributed by atoms with E-state index in [1.165, 1.54) is 11.1 Å². The van der Waals surface area contributed by atoms with Gasteiger partial charge in [-0.2, -0.15) is 0 Å². The number of rotatable bonds is 3. The molecule has 0 aliphatic heterocycles. The predicted molar refractivity (Wildman–Crippen MR) is 78.7 cm³/mol. The van der Waals surface area contributed by atoms with E-state index in [0.717, 1.165) is 6.42 Å². The van der Waals surface area contributed by atoms with Gasteiger partial charge in [-0.05, 0) is 41.0 Å². The summed E-state index contributed by atoms with van der Waals surface area (Å²) in [6.07, 6.45) is 0.982. The van der Waals surface area contributed by atoms with E-state index in [4.69, 9.17) is 0 Å². The normalized spacial score (nSPS) is 13.3. The van der Waals surface area contributed by atoms with E-state index in [0.29, 0.717) is 5.92 Å². The van der Waals surface area contributed by atoms with Gasteiger partial charge in [0, 0.05) is 0 Å². The van der Waals surface area contributed by atoms with Crippen molar-refractivity contribution in [3.05, 3.63) is 71.5 Å². The Hall–Kier alpha value is -1.63. The Bertz CT molecular complexity index is 506. The summed E-state index contributed by atoms with van der Waals surface area (Å²) >= 11 is 0. The third-order valence-corrected chi connectivity index (χ3v) is 3.60. The summed E-state index contributed by atoms with van der Waals surface area (Å²) in [5.41, 5.74) is 2.68. The van der Waals surface area contributed by atoms with Crippen molar-refractivity contribution in [1.29, 1.82) is 0 Å². The third-order valence-electron chi connectivity index (χ3n) is 3.60. The van der Waals surface area contributed by atoms with E-state index in [1.54, 1.807) is 12.1 Å². The molecule has 0 heterocycles. The highest BCUT2D eigenvalue weighted by Gasteiger charge is 2.26. The Morgan fingerprint density at radius 1 is 0.895 bits per heavy atom. The average molecular weight is 256 g/mol. The summed E-state index contributed by atoms with van der Waals surface area (Å²) < 4.78 is 13.1. The molecule has 0 amide bonds. The van der Waals surface area contributed by atoms with Crippen molar-refractivity contribution >= 4 is 0 Å². The number of hydrogen-bond donors (Lipinski definition) is 0.